The van der Waals surface area contributed by atoms with E-state index in [9.17, 15) is 15.3 Å². The van der Waals surface area contributed by atoms with Gasteiger partial charge in [-0.1, -0.05) is 66.7 Å². The smallest absolute Gasteiger partial charge is 0.176 e. The van der Waals surface area contributed by atoms with Gasteiger partial charge < -0.3 is 24.6 Å². The van der Waals surface area contributed by atoms with Crippen molar-refractivity contribution in [1.82, 2.24) is 14.8 Å². The predicted octanol–water partition coefficient (Wildman–Crippen LogP) is 2.09. The fraction of sp³-hybridized carbons (Fsp3) is 0.250. The summed E-state index contributed by atoms with van der Waals surface area (Å²) < 4.78 is 7.14. The molecular weight excluding hydrogens is 394 g/mol. The van der Waals surface area contributed by atoms with Gasteiger partial charge in [0, 0.05) is 5.56 Å². The van der Waals surface area contributed by atoms with Crippen LogP contribution in [0.15, 0.2) is 72.8 Å². The Morgan fingerprint density at radius 2 is 1.68 bits per heavy atom. The molecule has 0 bridgehead atoms. The van der Waals surface area contributed by atoms with Gasteiger partial charge in [-0.3, -0.25) is 0 Å². The molecule has 1 aliphatic rings. The zero-order valence-corrected chi connectivity index (χ0v) is 16.8. The second kappa shape index (κ2) is 7.86. The zero-order valence-electron chi connectivity index (χ0n) is 16.8. The molecular formula is C24H23N3O4. The van der Waals surface area contributed by atoms with Gasteiger partial charge in [-0.05, 0) is 22.4 Å². The maximum atomic E-state index is 11.3. The average Bonchev–Trinajstić information content (AvgIpc) is 3.22. The van der Waals surface area contributed by atoms with Crippen LogP contribution in [-0.2, 0) is 16.9 Å². The SMILES string of the molecule is O[C@@H]1[C@@H](O)COC[C@@]1(O)c1nnc(-c2ccc3ccccc3c2)n1Cc1ccccc1. The summed E-state index contributed by atoms with van der Waals surface area (Å²) in [6, 6.07) is 23.8. The number of fused-ring (bicyclic) bond motifs is 1. The van der Waals surface area contributed by atoms with E-state index in [0.29, 0.717) is 12.4 Å². The van der Waals surface area contributed by atoms with Crippen molar-refractivity contribution in [3.63, 3.8) is 0 Å². The molecule has 0 saturated carbocycles. The van der Waals surface area contributed by atoms with Crippen molar-refractivity contribution in [3.05, 3.63) is 84.2 Å². The first-order valence-corrected chi connectivity index (χ1v) is 10.2. The van der Waals surface area contributed by atoms with Gasteiger partial charge in [0.05, 0.1) is 19.8 Å². The van der Waals surface area contributed by atoms with Crippen molar-refractivity contribution in [2.45, 2.75) is 24.4 Å². The molecule has 2 heterocycles. The predicted molar refractivity (Wildman–Crippen MR) is 115 cm³/mol. The van der Waals surface area contributed by atoms with E-state index in [4.69, 9.17) is 4.74 Å². The second-order valence-corrected chi connectivity index (χ2v) is 7.93. The fourth-order valence-corrected chi connectivity index (χ4v) is 4.11. The lowest BCUT2D eigenvalue weighted by molar-refractivity contribution is -0.215. The number of hydrogen-bond acceptors (Lipinski definition) is 6. The molecule has 0 spiro atoms. The molecule has 1 aliphatic heterocycles. The minimum absolute atomic E-state index is 0.0478. The number of aromatic nitrogens is 3. The van der Waals surface area contributed by atoms with Crippen LogP contribution in [0.4, 0.5) is 0 Å². The lowest BCUT2D eigenvalue weighted by atomic mass is 9.90. The van der Waals surface area contributed by atoms with Crippen molar-refractivity contribution in [3.8, 4) is 11.4 Å². The molecule has 4 aromatic rings. The molecule has 158 valence electrons. The summed E-state index contributed by atoms with van der Waals surface area (Å²) in [6.07, 6.45) is -2.66. The lowest BCUT2D eigenvalue weighted by Crippen LogP contribution is -2.56. The van der Waals surface area contributed by atoms with Crippen LogP contribution in [0.2, 0.25) is 0 Å². The topological polar surface area (TPSA) is 101 Å². The highest BCUT2D eigenvalue weighted by Gasteiger charge is 2.49. The Kier molecular flexibility index (Phi) is 5.03. The van der Waals surface area contributed by atoms with Crippen molar-refractivity contribution in [1.29, 1.82) is 0 Å². The summed E-state index contributed by atoms with van der Waals surface area (Å²) in [5.74, 6) is 0.719. The standard InChI is InChI=1S/C24H23N3O4/c28-20-14-31-15-24(30,21(20)29)23-26-25-22(27(23)13-16-6-2-1-3-7-16)19-11-10-17-8-4-5-9-18(17)12-19/h1-12,20-21,28-30H,13-15H2/t20-,21+,24-/m0/s1. The molecule has 0 unspecified atom stereocenters. The fourth-order valence-electron chi connectivity index (χ4n) is 4.11. The van der Waals surface area contributed by atoms with Crippen LogP contribution in [0.3, 0.4) is 0 Å². The van der Waals surface area contributed by atoms with E-state index in [0.717, 1.165) is 21.9 Å². The molecule has 3 atom stereocenters. The van der Waals surface area contributed by atoms with Gasteiger partial charge >= 0.3 is 0 Å². The minimum atomic E-state index is -1.88. The van der Waals surface area contributed by atoms with Gasteiger partial charge in [-0.2, -0.15) is 0 Å². The lowest BCUT2D eigenvalue weighted by Gasteiger charge is -2.38. The van der Waals surface area contributed by atoms with Crippen molar-refractivity contribution >= 4 is 10.8 Å². The molecule has 1 saturated heterocycles. The van der Waals surface area contributed by atoms with Crippen molar-refractivity contribution < 1.29 is 20.1 Å². The van der Waals surface area contributed by atoms with Crippen LogP contribution >= 0.6 is 0 Å². The third-order valence-corrected chi connectivity index (χ3v) is 5.79. The Bertz CT molecular complexity index is 1210. The van der Waals surface area contributed by atoms with Gasteiger partial charge in [-0.25, -0.2) is 0 Å². The molecule has 5 rings (SSSR count). The van der Waals surface area contributed by atoms with Crippen LogP contribution in [0.25, 0.3) is 22.2 Å². The van der Waals surface area contributed by atoms with Crippen molar-refractivity contribution in [2.24, 2.45) is 0 Å². The first kappa shape index (κ1) is 19.8. The van der Waals surface area contributed by atoms with E-state index in [2.05, 4.69) is 10.2 Å². The number of benzene rings is 3. The Labute approximate surface area is 179 Å². The van der Waals surface area contributed by atoms with Crippen LogP contribution < -0.4 is 0 Å². The molecule has 31 heavy (non-hydrogen) atoms. The maximum absolute atomic E-state index is 11.3. The van der Waals surface area contributed by atoms with Gasteiger partial charge in [0.25, 0.3) is 0 Å². The summed E-state index contributed by atoms with van der Waals surface area (Å²) in [7, 11) is 0. The molecule has 7 nitrogen and oxygen atoms in total. The molecule has 3 aromatic carbocycles. The Hall–Kier alpha value is -3.10. The summed E-state index contributed by atoms with van der Waals surface area (Å²) in [4.78, 5) is 0. The highest BCUT2D eigenvalue weighted by atomic mass is 16.5. The van der Waals surface area contributed by atoms with Gasteiger partial charge in [-0.15, -0.1) is 10.2 Å². The van der Waals surface area contributed by atoms with Crippen LogP contribution in [0.5, 0.6) is 0 Å². The number of nitrogens with zero attached hydrogens (tertiary/aromatic N) is 3. The quantitative estimate of drug-likeness (QED) is 0.470. The third kappa shape index (κ3) is 3.51. The van der Waals surface area contributed by atoms with E-state index in [1.807, 2.05) is 72.8 Å². The van der Waals surface area contributed by atoms with E-state index in [1.165, 1.54) is 0 Å². The van der Waals surface area contributed by atoms with Crippen LogP contribution in [0, 0.1) is 0 Å². The van der Waals surface area contributed by atoms with E-state index in [1.54, 1.807) is 4.57 Å². The average molecular weight is 417 g/mol. The normalized spacial score (nSPS) is 23.8. The number of rotatable bonds is 4. The highest BCUT2D eigenvalue weighted by Crippen LogP contribution is 2.33. The third-order valence-electron chi connectivity index (χ3n) is 5.79. The Morgan fingerprint density at radius 3 is 2.48 bits per heavy atom. The number of aliphatic hydroxyl groups is 3. The first-order chi connectivity index (χ1) is 15.1. The summed E-state index contributed by atoms with van der Waals surface area (Å²) >= 11 is 0. The summed E-state index contributed by atoms with van der Waals surface area (Å²) in [5, 5.41) is 42.8. The van der Waals surface area contributed by atoms with Crippen LogP contribution in [-0.4, -0.2) is 55.5 Å². The molecule has 0 amide bonds. The van der Waals surface area contributed by atoms with E-state index >= 15 is 0 Å². The van der Waals surface area contributed by atoms with Gasteiger partial charge in [0.2, 0.25) is 0 Å². The van der Waals surface area contributed by atoms with Gasteiger partial charge in [0.1, 0.15) is 12.2 Å². The number of aliphatic hydroxyl groups excluding tert-OH is 2. The largest absolute Gasteiger partial charge is 0.388 e. The van der Waals surface area contributed by atoms with Crippen molar-refractivity contribution in [2.75, 3.05) is 13.2 Å². The first-order valence-electron chi connectivity index (χ1n) is 10.2. The minimum Gasteiger partial charge on any atom is -0.388 e. The maximum Gasteiger partial charge on any atom is 0.176 e. The molecule has 0 radical (unpaired) electrons. The summed E-state index contributed by atoms with van der Waals surface area (Å²) in [6.45, 7) is 0.153. The monoisotopic (exact) mass is 417 g/mol. The van der Waals surface area contributed by atoms with E-state index < -0.39 is 17.8 Å². The van der Waals surface area contributed by atoms with Gasteiger partial charge in [0.15, 0.2) is 17.2 Å². The van der Waals surface area contributed by atoms with Crippen LogP contribution in [0.1, 0.15) is 11.4 Å². The molecule has 7 heteroatoms. The Morgan fingerprint density at radius 1 is 0.935 bits per heavy atom. The molecule has 0 aliphatic carbocycles. The highest BCUT2D eigenvalue weighted by molar-refractivity contribution is 5.86. The molecule has 3 N–H and O–H groups in total. The number of ether oxygens (including phenoxy) is 1. The van der Waals surface area contributed by atoms with E-state index in [-0.39, 0.29) is 19.0 Å². The summed E-state index contributed by atoms with van der Waals surface area (Å²) in [5.41, 5.74) is -0.0566. The molecule has 1 fully saturated rings. The zero-order chi connectivity index (χ0) is 21.4. The Balaban J connectivity index is 1.66. The number of hydrogen-bond donors (Lipinski definition) is 3. The second-order valence-electron chi connectivity index (χ2n) is 7.93. The molecule has 1 aromatic heterocycles.